The van der Waals surface area contributed by atoms with Crippen molar-refractivity contribution in [3.63, 3.8) is 0 Å². The van der Waals surface area contributed by atoms with Gasteiger partial charge in [-0.2, -0.15) is 4.98 Å². The summed E-state index contributed by atoms with van der Waals surface area (Å²) in [4.78, 5) is 15.0. The zero-order valence-electron chi connectivity index (χ0n) is 15.8. The Bertz CT molecular complexity index is 1020. The molecule has 0 radical (unpaired) electrons. The van der Waals surface area contributed by atoms with Crippen LogP contribution in [0.1, 0.15) is 36.5 Å². The fraction of sp³-hybridized carbons (Fsp3) is 0.364. The summed E-state index contributed by atoms with van der Waals surface area (Å²) < 4.78 is 5.77. The lowest BCUT2D eigenvalue weighted by atomic mass is 9.85. The zero-order valence-corrected chi connectivity index (χ0v) is 15.8. The molecule has 3 aromatic rings. The SMILES string of the molecule is COc1nc2[nH]cnc2c(Cc2ccccc2)c1C1=CC2(C)CCCN1C2. The molecule has 1 unspecified atom stereocenters. The van der Waals surface area contributed by atoms with Gasteiger partial charge in [0.2, 0.25) is 5.88 Å². The molecule has 2 bridgehead atoms. The summed E-state index contributed by atoms with van der Waals surface area (Å²) in [6.07, 6.45) is 7.43. The standard InChI is InChI=1S/C22H24N4O/c1-22-9-6-10-26(13-22)17(12-22)18-16(11-15-7-4-3-5-8-15)19-20(24-14-23-19)25-21(18)27-2/h3-5,7-8,12,14H,6,9-11,13H2,1-2H3,(H,23,24,25). The summed E-state index contributed by atoms with van der Waals surface area (Å²) >= 11 is 0. The second-order valence-electron chi connectivity index (χ2n) is 7.95. The van der Waals surface area contributed by atoms with Crippen LogP contribution in [0, 0.1) is 5.41 Å². The average molecular weight is 360 g/mol. The highest BCUT2D eigenvalue weighted by Gasteiger charge is 2.39. The molecule has 1 saturated heterocycles. The lowest BCUT2D eigenvalue weighted by molar-refractivity contribution is 0.227. The first-order valence-electron chi connectivity index (χ1n) is 9.59. The number of nitrogens with zero attached hydrogens (tertiary/aromatic N) is 3. The Hall–Kier alpha value is -2.82. The fourth-order valence-corrected chi connectivity index (χ4v) is 4.63. The highest BCUT2D eigenvalue weighted by Crippen LogP contribution is 2.46. The van der Waals surface area contributed by atoms with Gasteiger partial charge in [-0.25, -0.2) is 4.98 Å². The van der Waals surface area contributed by atoms with Crippen LogP contribution in [0.15, 0.2) is 42.7 Å². The van der Waals surface area contributed by atoms with Gasteiger partial charge in [0.1, 0.15) is 5.52 Å². The Balaban J connectivity index is 1.74. The van der Waals surface area contributed by atoms with E-state index in [4.69, 9.17) is 9.72 Å². The molecule has 138 valence electrons. The number of rotatable bonds is 4. The first kappa shape index (κ1) is 16.4. The van der Waals surface area contributed by atoms with E-state index in [-0.39, 0.29) is 5.41 Å². The minimum Gasteiger partial charge on any atom is -0.480 e. The predicted octanol–water partition coefficient (Wildman–Crippen LogP) is 4.01. The van der Waals surface area contributed by atoms with E-state index in [9.17, 15) is 0 Å². The molecule has 1 atom stereocenters. The number of imidazole rings is 1. The van der Waals surface area contributed by atoms with Gasteiger partial charge in [-0.1, -0.05) is 43.3 Å². The molecule has 4 heterocycles. The van der Waals surface area contributed by atoms with Crippen molar-refractivity contribution >= 4 is 16.9 Å². The molecule has 1 N–H and O–H groups in total. The van der Waals surface area contributed by atoms with Crippen LogP contribution in [0.25, 0.3) is 16.9 Å². The Morgan fingerprint density at radius 1 is 1.26 bits per heavy atom. The zero-order chi connectivity index (χ0) is 18.4. The van der Waals surface area contributed by atoms with Crippen LogP contribution in [-0.4, -0.2) is 40.1 Å². The second-order valence-corrected chi connectivity index (χ2v) is 7.95. The van der Waals surface area contributed by atoms with Gasteiger partial charge < -0.3 is 14.6 Å². The Labute approximate surface area is 159 Å². The molecule has 0 amide bonds. The molecule has 1 aromatic carbocycles. The fourth-order valence-electron chi connectivity index (χ4n) is 4.63. The van der Waals surface area contributed by atoms with Crippen LogP contribution in [-0.2, 0) is 6.42 Å². The summed E-state index contributed by atoms with van der Waals surface area (Å²) in [5.74, 6) is 0.681. The lowest BCUT2D eigenvalue weighted by Gasteiger charge is -2.33. The Morgan fingerprint density at radius 2 is 2.11 bits per heavy atom. The first-order valence-corrected chi connectivity index (χ1v) is 9.59. The average Bonchev–Trinajstić information content (AvgIpc) is 3.23. The van der Waals surface area contributed by atoms with E-state index in [1.165, 1.54) is 29.7 Å². The van der Waals surface area contributed by atoms with Crippen molar-refractivity contribution < 1.29 is 4.74 Å². The molecular weight excluding hydrogens is 336 g/mol. The number of pyridine rings is 1. The van der Waals surface area contributed by atoms with Crippen LogP contribution in [0.2, 0.25) is 0 Å². The molecule has 0 saturated carbocycles. The number of aromatic amines is 1. The third-order valence-electron chi connectivity index (χ3n) is 5.86. The van der Waals surface area contributed by atoms with E-state index in [0.29, 0.717) is 5.88 Å². The van der Waals surface area contributed by atoms with Gasteiger partial charge in [0.05, 0.1) is 19.0 Å². The van der Waals surface area contributed by atoms with E-state index >= 15 is 0 Å². The minimum absolute atomic E-state index is 0.239. The molecule has 1 fully saturated rings. The molecule has 2 aliphatic rings. The molecule has 2 aliphatic heterocycles. The maximum Gasteiger partial charge on any atom is 0.225 e. The number of hydrogen-bond acceptors (Lipinski definition) is 4. The summed E-state index contributed by atoms with van der Waals surface area (Å²) in [5.41, 5.74) is 6.77. The van der Waals surface area contributed by atoms with Gasteiger partial charge in [0.15, 0.2) is 5.65 Å². The van der Waals surface area contributed by atoms with Crippen molar-refractivity contribution in [2.24, 2.45) is 5.41 Å². The van der Waals surface area contributed by atoms with Crippen LogP contribution in [0.3, 0.4) is 0 Å². The highest BCUT2D eigenvalue weighted by atomic mass is 16.5. The van der Waals surface area contributed by atoms with E-state index < -0.39 is 0 Å². The molecule has 5 heteroatoms. The minimum atomic E-state index is 0.239. The smallest absolute Gasteiger partial charge is 0.225 e. The summed E-state index contributed by atoms with van der Waals surface area (Å²) in [6, 6.07) is 10.6. The summed E-state index contributed by atoms with van der Waals surface area (Å²) in [7, 11) is 1.71. The normalized spacial score (nSPS) is 21.6. The number of hydrogen-bond donors (Lipinski definition) is 1. The Morgan fingerprint density at radius 3 is 2.89 bits per heavy atom. The van der Waals surface area contributed by atoms with Gasteiger partial charge in [-0.15, -0.1) is 0 Å². The molecule has 5 rings (SSSR count). The molecule has 2 aromatic heterocycles. The van der Waals surface area contributed by atoms with Crippen molar-refractivity contribution in [2.45, 2.75) is 26.2 Å². The number of fused-ring (bicyclic) bond motifs is 3. The second kappa shape index (κ2) is 6.12. The largest absolute Gasteiger partial charge is 0.480 e. The maximum atomic E-state index is 5.77. The predicted molar refractivity (Wildman–Crippen MR) is 107 cm³/mol. The summed E-state index contributed by atoms with van der Waals surface area (Å²) in [5, 5.41) is 0. The summed E-state index contributed by atoms with van der Waals surface area (Å²) in [6.45, 7) is 4.53. The molecular formula is C22H24N4O. The number of aromatic nitrogens is 3. The van der Waals surface area contributed by atoms with Crippen molar-refractivity contribution in [1.82, 2.24) is 19.9 Å². The van der Waals surface area contributed by atoms with Crippen LogP contribution in [0.4, 0.5) is 0 Å². The van der Waals surface area contributed by atoms with Crippen LogP contribution in [0.5, 0.6) is 5.88 Å². The monoisotopic (exact) mass is 360 g/mol. The number of benzene rings is 1. The van der Waals surface area contributed by atoms with E-state index in [0.717, 1.165) is 36.2 Å². The van der Waals surface area contributed by atoms with Crippen molar-refractivity contribution in [2.75, 3.05) is 20.2 Å². The van der Waals surface area contributed by atoms with E-state index in [1.807, 2.05) is 0 Å². The molecule has 0 spiro atoms. The lowest BCUT2D eigenvalue weighted by Crippen LogP contribution is -2.33. The van der Waals surface area contributed by atoms with Gasteiger partial charge in [0, 0.05) is 36.2 Å². The number of methoxy groups -OCH3 is 1. The number of piperidine rings is 1. The van der Waals surface area contributed by atoms with Crippen LogP contribution >= 0.6 is 0 Å². The van der Waals surface area contributed by atoms with E-state index in [1.54, 1.807) is 13.4 Å². The van der Waals surface area contributed by atoms with Crippen molar-refractivity contribution in [3.05, 3.63) is 59.4 Å². The van der Waals surface area contributed by atoms with Crippen molar-refractivity contribution in [3.8, 4) is 5.88 Å². The topological polar surface area (TPSA) is 54.0 Å². The Kier molecular flexibility index (Phi) is 3.71. The van der Waals surface area contributed by atoms with Crippen LogP contribution < -0.4 is 4.74 Å². The van der Waals surface area contributed by atoms with Gasteiger partial charge >= 0.3 is 0 Å². The number of H-pyrrole nitrogens is 1. The molecule has 5 nitrogen and oxygen atoms in total. The third-order valence-corrected chi connectivity index (χ3v) is 5.86. The van der Waals surface area contributed by atoms with Crippen molar-refractivity contribution in [1.29, 1.82) is 0 Å². The molecule has 27 heavy (non-hydrogen) atoms. The quantitative estimate of drug-likeness (QED) is 0.764. The highest BCUT2D eigenvalue weighted by molar-refractivity contribution is 5.86. The number of nitrogens with one attached hydrogen (secondary N) is 1. The first-order chi connectivity index (χ1) is 13.2. The van der Waals surface area contributed by atoms with Gasteiger partial charge in [-0.05, 0) is 18.4 Å². The van der Waals surface area contributed by atoms with E-state index in [2.05, 4.69) is 58.2 Å². The third kappa shape index (κ3) is 2.69. The maximum absolute atomic E-state index is 5.77. The number of ether oxygens (including phenoxy) is 1. The molecule has 0 aliphatic carbocycles. The van der Waals surface area contributed by atoms with Gasteiger partial charge in [-0.3, -0.25) is 0 Å². The van der Waals surface area contributed by atoms with Gasteiger partial charge in [0.25, 0.3) is 0 Å².